The first kappa shape index (κ1) is 11.5. The van der Waals surface area contributed by atoms with Crippen molar-refractivity contribution in [2.24, 2.45) is 0 Å². The van der Waals surface area contributed by atoms with E-state index in [4.69, 9.17) is 4.74 Å². The van der Waals surface area contributed by atoms with Gasteiger partial charge in [-0.1, -0.05) is 12.8 Å². The Morgan fingerprint density at radius 3 is 3.06 bits per heavy atom. The highest BCUT2D eigenvalue weighted by molar-refractivity contribution is 5.25. The van der Waals surface area contributed by atoms with Crippen molar-refractivity contribution >= 4 is 5.95 Å². The fourth-order valence-corrected chi connectivity index (χ4v) is 2.17. The van der Waals surface area contributed by atoms with Gasteiger partial charge < -0.3 is 14.6 Å². The molecule has 16 heavy (non-hydrogen) atoms. The number of aromatic nitrogens is 2. The summed E-state index contributed by atoms with van der Waals surface area (Å²) in [6.07, 6.45) is 9.46. The number of anilines is 1. The molecule has 1 aromatic heterocycles. The Morgan fingerprint density at radius 1 is 1.50 bits per heavy atom. The minimum Gasteiger partial charge on any atom is -0.376 e. The topological polar surface area (TPSA) is 39.1 Å². The fourth-order valence-electron chi connectivity index (χ4n) is 2.17. The standard InChI is InChI=1S/C12H21N3O/c1-2-15-9-7-13-12(15)14-8-10-16-11-5-3-4-6-11/h7,9,11H,2-6,8,10H2,1H3,(H,13,14). The molecule has 1 aromatic rings. The van der Waals surface area contributed by atoms with Crippen LogP contribution < -0.4 is 5.32 Å². The number of hydrogen-bond donors (Lipinski definition) is 1. The number of hydrogen-bond acceptors (Lipinski definition) is 3. The molecule has 0 spiro atoms. The van der Waals surface area contributed by atoms with Gasteiger partial charge in [0.2, 0.25) is 5.95 Å². The molecule has 0 bridgehead atoms. The summed E-state index contributed by atoms with van der Waals surface area (Å²) >= 11 is 0. The summed E-state index contributed by atoms with van der Waals surface area (Å²) < 4.78 is 7.87. The van der Waals surface area contributed by atoms with Gasteiger partial charge in [-0.2, -0.15) is 0 Å². The van der Waals surface area contributed by atoms with Crippen molar-refractivity contribution in [2.45, 2.75) is 45.3 Å². The zero-order valence-electron chi connectivity index (χ0n) is 9.98. The lowest BCUT2D eigenvalue weighted by Gasteiger charge is -2.12. The van der Waals surface area contributed by atoms with Crippen LogP contribution >= 0.6 is 0 Å². The average molecular weight is 223 g/mol. The molecule has 0 aliphatic heterocycles. The highest BCUT2D eigenvalue weighted by Crippen LogP contribution is 2.20. The lowest BCUT2D eigenvalue weighted by molar-refractivity contribution is 0.0658. The van der Waals surface area contributed by atoms with Crippen LogP contribution in [0.4, 0.5) is 5.95 Å². The Morgan fingerprint density at radius 2 is 2.31 bits per heavy atom. The molecular formula is C12H21N3O. The van der Waals surface area contributed by atoms with Crippen LogP contribution in [0.2, 0.25) is 0 Å². The molecule has 0 amide bonds. The first-order valence-corrected chi connectivity index (χ1v) is 6.26. The van der Waals surface area contributed by atoms with Gasteiger partial charge in [0.25, 0.3) is 0 Å². The molecule has 90 valence electrons. The summed E-state index contributed by atoms with van der Waals surface area (Å²) in [6, 6.07) is 0. The van der Waals surface area contributed by atoms with Crippen LogP contribution in [0.3, 0.4) is 0 Å². The molecule has 1 N–H and O–H groups in total. The van der Waals surface area contributed by atoms with Gasteiger partial charge >= 0.3 is 0 Å². The SMILES string of the molecule is CCn1ccnc1NCCOC1CCCC1. The molecule has 1 fully saturated rings. The summed E-state index contributed by atoms with van der Waals surface area (Å²) in [6.45, 7) is 4.68. The Balaban J connectivity index is 1.64. The van der Waals surface area contributed by atoms with E-state index in [1.54, 1.807) is 0 Å². The van der Waals surface area contributed by atoms with E-state index in [0.717, 1.165) is 25.6 Å². The predicted molar refractivity (Wildman–Crippen MR) is 64.6 cm³/mol. The fraction of sp³-hybridized carbons (Fsp3) is 0.750. The molecule has 2 rings (SSSR count). The van der Waals surface area contributed by atoms with Crippen molar-refractivity contribution in [3.63, 3.8) is 0 Å². The molecule has 1 heterocycles. The van der Waals surface area contributed by atoms with Crippen LogP contribution in [0.5, 0.6) is 0 Å². The van der Waals surface area contributed by atoms with E-state index >= 15 is 0 Å². The van der Waals surface area contributed by atoms with Crippen molar-refractivity contribution < 1.29 is 4.74 Å². The summed E-state index contributed by atoms with van der Waals surface area (Å²) in [5.41, 5.74) is 0. The molecule has 0 aromatic carbocycles. The third-order valence-corrected chi connectivity index (χ3v) is 3.10. The Labute approximate surface area is 97.0 Å². The van der Waals surface area contributed by atoms with Crippen molar-refractivity contribution in [1.29, 1.82) is 0 Å². The maximum absolute atomic E-state index is 5.78. The van der Waals surface area contributed by atoms with Gasteiger partial charge in [0.15, 0.2) is 0 Å². The van der Waals surface area contributed by atoms with E-state index in [2.05, 4.69) is 21.8 Å². The van der Waals surface area contributed by atoms with Gasteiger partial charge in [0.05, 0.1) is 12.7 Å². The van der Waals surface area contributed by atoms with Crippen molar-refractivity contribution in [3.05, 3.63) is 12.4 Å². The molecule has 1 aliphatic rings. The molecule has 0 radical (unpaired) electrons. The predicted octanol–water partition coefficient (Wildman–Crippen LogP) is 2.27. The Hall–Kier alpha value is -1.03. The van der Waals surface area contributed by atoms with E-state index in [9.17, 15) is 0 Å². The van der Waals surface area contributed by atoms with Crippen LogP contribution in [-0.4, -0.2) is 28.8 Å². The van der Waals surface area contributed by atoms with Gasteiger partial charge in [-0.3, -0.25) is 0 Å². The van der Waals surface area contributed by atoms with Gasteiger partial charge in [-0.25, -0.2) is 4.98 Å². The van der Waals surface area contributed by atoms with Crippen molar-refractivity contribution in [2.75, 3.05) is 18.5 Å². The average Bonchev–Trinajstić information content (AvgIpc) is 2.95. The maximum atomic E-state index is 5.78. The van der Waals surface area contributed by atoms with Crippen LogP contribution in [-0.2, 0) is 11.3 Å². The largest absolute Gasteiger partial charge is 0.376 e. The summed E-state index contributed by atoms with van der Waals surface area (Å²) in [5, 5.41) is 3.29. The van der Waals surface area contributed by atoms with E-state index in [0.29, 0.717) is 6.10 Å². The highest BCUT2D eigenvalue weighted by atomic mass is 16.5. The Bertz CT molecular complexity index is 305. The number of rotatable bonds is 6. The quantitative estimate of drug-likeness (QED) is 0.752. The third-order valence-electron chi connectivity index (χ3n) is 3.10. The molecular weight excluding hydrogens is 202 g/mol. The van der Waals surface area contributed by atoms with Gasteiger partial charge in [-0.15, -0.1) is 0 Å². The molecule has 0 unspecified atom stereocenters. The molecule has 4 nitrogen and oxygen atoms in total. The number of aryl methyl sites for hydroxylation is 1. The van der Waals surface area contributed by atoms with E-state index in [1.807, 2.05) is 12.4 Å². The summed E-state index contributed by atoms with van der Waals surface area (Å²) in [4.78, 5) is 4.25. The number of nitrogens with one attached hydrogen (secondary N) is 1. The lowest BCUT2D eigenvalue weighted by atomic mass is 10.3. The second kappa shape index (κ2) is 5.89. The molecule has 1 saturated carbocycles. The normalized spacial score (nSPS) is 16.8. The minimum absolute atomic E-state index is 0.507. The zero-order valence-corrected chi connectivity index (χ0v) is 9.98. The monoisotopic (exact) mass is 223 g/mol. The van der Waals surface area contributed by atoms with Crippen LogP contribution in [0, 0.1) is 0 Å². The van der Waals surface area contributed by atoms with Gasteiger partial charge in [0, 0.05) is 25.5 Å². The van der Waals surface area contributed by atoms with Crippen molar-refractivity contribution in [1.82, 2.24) is 9.55 Å². The molecule has 0 saturated heterocycles. The second-order valence-electron chi connectivity index (χ2n) is 4.24. The lowest BCUT2D eigenvalue weighted by Crippen LogP contribution is -2.17. The van der Waals surface area contributed by atoms with Crippen LogP contribution in [0.1, 0.15) is 32.6 Å². The smallest absolute Gasteiger partial charge is 0.202 e. The van der Waals surface area contributed by atoms with Crippen LogP contribution in [0.15, 0.2) is 12.4 Å². The van der Waals surface area contributed by atoms with Crippen molar-refractivity contribution in [3.8, 4) is 0 Å². The summed E-state index contributed by atoms with van der Waals surface area (Å²) in [7, 11) is 0. The highest BCUT2D eigenvalue weighted by Gasteiger charge is 2.14. The molecule has 0 atom stereocenters. The van der Waals surface area contributed by atoms with E-state index < -0.39 is 0 Å². The summed E-state index contributed by atoms with van der Waals surface area (Å²) in [5.74, 6) is 0.942. The third kappa shape index (κ3) is 2.98. The molecule has 1 aliphatic carbocycles. The first-order chi connectivity index (χ1) is 7.90. The van der Waals surface area contributed by atoms with E-state index in [1.165, 1.54) is 25.7 Å². The number of nitrogens with zero attached hydrogens (tertiary/aromatic N) is 2. The minimum atomic E-state index is 0.507. The number of ether oxygens (including phenoxy) is 1. The second-order valence-corrected chi connectivity index (χ2v) is 4.24. The zero-order chi connectivity index (χ0) is 11.2. The van der Waals surface area contributed by atoms with Gasteiger partial charge in [0.1, 0.15) is 0 Å². The van der Waals surface area contributed by atoms with Gasteiger partial charge in [-0.05, 0) is 19.8 Å². The first-order valence-electron chi connectivity index (χ1n) is 6.26. The number of imidazole rings is 1. The maximum Gasteiger partial charge on any atom is 0.202 e. The molecule has 4 heteroatoms. The Kier molecular flexibility index (Phi) is 4.22. The van der Waals surface area contributed by atoms with E-state index in [-0.39, 0.29) is 0 Å². The van der Waals surface area contributed by atoms with Crippen LogP contribution in [0.25, 0.3) is 0 Å².